The van der Waals surface area contributed by atoms with Crippen molar-refractivity contribution in [3.63, 3.8) is 0 Å². The van der Waals surface area contributed by atoms with Gasteiger partial charge in [0, 0.05) is 30.2 Å². The summed E-state index contributed by atoms with van der Waals surface area (Å²) in [7, 11) is 1.52. The number of carboxylic acid groups (broad SMARTS) is 1. The predicted molar refractivity (Wildman–Crippen MR) is 86.5 cm³/mol. The van der Waals surface area contributed by atoms with Crippen LogP contribution < -0.4 is 10.1 Å². The van der Waals surface area contributed by atoms with Crippen LogP contribution in [-0.4, -0.2) is 23.2 Å². The summed E-state index contributed by atoms with van der Waals surface area (Å²) in [4.78, 5) is 15.5. The van der Waals surface area contributed by atoms with E-state index in [0.29, 0.717) is 21.9 Å². The largest absolute Gasteiger partial charge is 0.495 e. The molecular weight excluding hydrogens is 304 g/mol. The van der Waals surface area contributed by atoms with Gasteiger partial charge in [-0.25, -0.2) is 0 Å². The smallest absolute Gasteiger partial charge is 0.307 e. The van der Waals surface area contributed by atoms with E-state index in [-0.39, 0.29) is 6.42 Å². The van der Waals surface area contributed by atoms with Gasteiger partial charge in [0.25, 0.3) is 0 Å². The van der Waals surface area contributed by atoms with Crippen LogP contribution in [0.4, 0.5) is 0 Å². The number of fused-ring (bicyclic) bond motifs is 3. The lowest BCUT2D eigenvalue weighted by Crippen LogP contribution is -2.04. The monoisotopic (exact) mass is 322 g/mol. The Balaban J connectivity index is 0.000000847. The second kappa shape index (κ2) is 6.94. The molecule has 1 aromatic carbocycles. The Hall–Kier alpha value is -1.85. The summed E-state index contributed by atoms with van der Waals surface area (Å²) < 4.78 is 5.26. The van der Waals surface area contributed by atoms with Crippen LogP contribution in [0.2, 0.25) is 5.02 Å². The minimum Gasteiger partial charge on any atom is -0.495 e. The number of methoxy groups -OCH3 is 1. The van der Waals surface area contributed by atoms with Crippen molar-refractivity contribution in [3.8, 4) is 5.75 Å². The molecule has 5 nitrogen and oxygen atoms in total. The van der Waals surface area contributed by atoms with Crippen molar-refractivity contribution < 1.29 is 14.6 Å². The molecule has 0 saturated carbocycles. The SMILES string of the molecule is CC.COc1cc2c3c(cnc2c(CC(=O)O)c1Cl)CNC3. The second-order valence-electron chi connectivity index (χ2n) is 4.70. The minimum atomic E-state index is -0.943. The summed E-state index contributed by atoms with van der Waals surface area (Å²) in [6.45, 7) is 5.52. The number of nitrogens with zero attached hydrogens (tertiary/aromatic N) is 1. The lowest BCUT2D eigenvalue weighted by atomic mass is 10.0. The number of aromatic nitrogens is 1. The first kappa shape index (κ1) is 16.5. The normalized spacial score (nSPS) is 12.5. The molecule has 0 saturated heterocycles. The van der Waals surface area contributed by atoms with Gasteiger partial charge in [0.05, 0.1) is 24.1 Å². The van der Waals surface area contributed by atoms with Crippen LogP contribution in [-0.2, 0) is 24.3 Å². The topological polar surface area (TPSA) is 71.5 Å². The molecule has 118 valence electrons. The molecule has 0 fully saturated rings. The van der Waals surface area contributed by atoms with Gasteiger partial charge in [0.15, 0.2) is 0 Å². The van der Waals surface area contributed by atoms with Crippen molar-refractivity contribution in [2.24, 2.45) is 0 Å². The van der Waals surface area contributed by atoms with Crippen LogP contribution in [0.5, 0.6) is 5.75 Å². The lowest BCUT2D eigenvalue weighted by molar-refractivity contribution is -0.136. The molecule has 2 aromatic rings. The van der Waals surface area contributed by atoms with Gasteiger partial charge in [0.2, 0.25) is 0 Å². The molecular formula is C16H19ClN2O3. The number of hydrogen-bond donors (Lipinski definition) is 2. The number of ether oxygens (including phenoxy) is 1. The standard InChI is InChI=1S/C14H13ClN2O3.C2H6/c1-20-11-2-8-10-6-16-4-7(10)5-17-14(8)9(13(11)15)3-12(18)19;1-2/h2,5,16H,3-4,6H2,1H3,(H,18,19);1-2H3. The van der Waals surface area contributed by atoms with E-state index in [1.807, 2.05) is 19.9 Å². The fourth-order valence-corrected chi connectivity index (χ4v) is 2.88. The zero-order chi connectivity index (χ0) is 16.3. The van der Waals surface area contributed by atoms with Gasteiger partial charge in [-0.1, -0.05) is 25.4 Å². The van der Waals surface area contributed by atoms with Crippen LogP contribution in [0.3, 0.4) is 0 Å². The second-order valence-corrected chi connectivity index (χ2v) is 5.08. The van der Waals surface area contributed by atoms with E-state index < -0.39 is 5.97 Å². The number of rotatable bonds is 3. The number of halogens is 1. The lowest BCUT2D eigenvalue weighted by Gasteiger charge is -2.13. The summed E-state index contributed by atoms with van der Waals surface area (Å²) in [6, 6.07) is 1.84. The van der Waals surface area contributed by atoms with E-state index in [4.69, 9.17) is 21.4 Å². The third-order valence-corrected chi connectivity index (χ3v) is 3.94. The summed E-state index contributed by atoms with van der Waals surface area (Å²) in [6.07, 6.45) is 1.61. The highest BCUT2D eigenvalue weighted by Crippen LogP contribution is 2.37. The Morgan fingerprint density at radius 1 is 1.45 bits per heavy atom. The molecule has 2 heterocycles. The van der Waals surface area contributed by atoms with Gasteiger partial charge in [-0.15, -0.1) is 0 Å². The fourth-order valence-electron chi connectivity index (χ4n) is 2.59. The van der Waals surface area contributed by atoms with E-state index in [1.54, 1.807) is 6.20 Å². The minimum absolute atomic E-state index is 0.175. The summed E-state index contributed by atoms with van der Waals surface area (Å²) in [5.74, 6) is -0.459. The molecule has 0 unspecified atom stereocenters. The van der Waals surface area contributed by atoms with Crippen molar-refractivity contribution in [2.45, 2.75) is 33.4 Å². The molecule has 22 heavy (non-hydrogen) atoms. The maximum atomic E-state index is 11.1. The molecule has 2 N–H and O–H groups in total. The van der Waals surface area contributed by atoms with Crippen molar-refractivity contribution in [1.82, 2.24) is 10.3 Å². The maximum Gasteiger partial charge on any atom is 0.307 e. The quantitative estimate of drug-likeness (QED) is 0.908. The maximum absolute atomic E-state index is 11.1. The number of pyridine rings is 1. The van der Waals surface area contributed by atoms with Gasteiger partial charge >= 0.3 is 5.97 Å². The summed E-state index contributed by atoms with van der Waals surface area (Å²) >= 11 is 6.24. The van der Waals surface area contributed by atoms with Gasteiger partial charge in [0.1, 0.15) is 5.75 Å². The molecule has 1 aliphatic heterocycles. The van der Waals surface area contributed by atoms with Crippen LogP contribution in [0.25, 0.3) is 10.9 Å². The summed E-state index contributed by atoms with van der Waals surface area (Å²) in [5.41, 5.74) is 3.41. The van der Waals surface area contributed by atoms with Crippen LogP contribution >= 0.6 is 11.6 Å². The zero-order valence-electron chi connectivity index (χ0n) is 12.9. The fraction of sp³-hybridized carbons (Fsp3) is 0.375. The third-order valence-electron chi connectivity index (χ3n) is 3.53. The van der Waals surface area contributed by atoms with Gasteiger partial charge in [-0.3, -0.25) is 9.78 Å². The number of hydrogen-bond acceptors (Lipinski definition) is 4. The van der Waals surface area contributed by atoms with Crippen LogP contribution in [0.1, 0.15) is 30.5 Å². The zero-order valence-corrected chi connectivity index (χ0v) is 13.6. The molecule has 1 aromatic heterocycles. The molecule has 3 rings (SSSR count). The summed E-state index contributed by atoms with van der Waals surface area (Å²) in [5, 5.41) is 13.6. The molecule has 1 aliphatic rings. The Bertz CT molecular complexity index is 716. The van der Waals surface area contributed by atoms with E-state index in [1.165, 1.54) is 7.11 Å². The average Bonchev–Trinajstić information content (AvgIpc) is 3.00. The van der Waals surface area contributed by atoms with Crippen molar-refractivity contribution in [1.29, 1.82) is 0 Å². The molecule has 0 spiro atoms. The van der Waals surface area contributed by atoms with E-state index in [2.05, 4.69) is 10.3 Å². The van der Waals surface area contributed by atoms with Crippen molar-refractivity contribution in [2.75, 3.05) is 7.11 Å². The number of carbonyl (C=O) groups is 1. The Morgan fingerprint density at radius 3 is 2.82 bits per heavy atom. The van der Waals surface area contributed by atoms with Crippen molar-refractivity contribution >= 4 is 28.5 Å². The van der Waals surface area contributed by atoms with E-state index >= 15 is 0 Å². The third kappa shape index (κ3) is 2.87. The first-order chi connectivity index (χ1) is 10.6. The van der Waals surface area contributed by atoms with Gasteiger partial charge in [-0.05, 0) is 17.2 Å². The van der Waals surface area contributed by atoms with E-state index in [0.717, 1.165) is 29.6 Å². The predicted octanol–water partition coefficient (Wildman–Crippen LogP) is 3.15. The molecule has 0 atom stereocenters. The molecule has 0 radical (unpaired) electrons. The average molecular weight is 323 g/mol. The van der Waals surface area contributed by atoms with Gasteiger partial charge < -0.3 is 15.2 Å². The van der Waals surface area contributed by atoms with Crippen LogP contribution in [0.15, 0.2) is 12.3 Å². The number of benzene rings is 1. The highest BCUT2D eigenvalue weighted by Gasteiger charge is 2.21. The Morgan fingerprint density at radius 2 is 2.18 bits per heavy atom. The highest BCUT2D eigenvalue weighted by atomic mass is 35.5. The molecule has 0 amide bonds. The van der Waals surface area contributed by atoms with Gasteiger partial charge in [-0.2, -0.15) is 0 Å². The Kier molecular flexibility index (Phi) is 5.21. The molecule has 0 bridgehead atoms. The molecule has 6 heteroatoms. The number of aliphatic carboxylic acids is 1. The highest BCUT2D eigenvalue weighted by molar-refractivity contribution is 6.34. The Labute approximate surface area is 134 Å². The number of nitrogens with one attached hydrogen (secondary N) is 1. The van der Waals surface area contributed by atoms with Crippen LogP contribution in [0, 0.1) is 0 Å². The first-order valence-corrected chi connectivity index (χ1v) is 7.58. The molecule has 0 aliphatic carbocycles. The van der Waals surface area contributed by atoms with E-state index in [9.17, 15) is 4.79 Å². The first-order valence-electron chi connectivity index (χ1n) is 7.20. The van der Waals surface area contributed by atoms with Crippen molar-refractivity contribution in [3.05, 3.63) is 34.0 Å². The number of carboxylic acids is 1.